The molecule has 0 aromatic carbocycles. The van der Waals surface area contributed by atoms with Crippen LogP contribution in [0.3, 0.4) is 0 Å². The second-order valence-electron chi connectivity index (χ2n) is 2.34. The molecule has 0 aromatic heterocycles. The Kier molecular flexibility index (Phi) is 14.2. The van der Waals surface area contributed by atoms with Crippen LogP contribution in [0, 0.1) is 32.1 Å². The molecule has 5 radical (unpaired) electrons. The van der Waals surface area contributed by atoms with Gasteiger partial charge in [0.2, 0.25) is 0 Å². The van der Waals surface area contributed by atoms with E-state index in [9.17, 15) is 0 Å². The quantitative estimate of drug-likeness (QED) is 0.650. The van der Waals surface area contributed by atoms with Crippen LogP contribution in [-0.2, 0) is 18.1 Å². The monoisotopic (exact) mass is 259 g/mol. The molecule has 1 heterocycles. The molecule has 4 heteroatoms. The summed E-state index contributed by atoms with van der Waals surface area (Å²) in [5.74, 6) is 0. The molecule has 1 saturated carbocycles. The summed E-state index contributed by atoms with van der Waals surface area (Å²) in [6.45, 7) is 2.00. The third-order valence-corrected chi connectivity index (χ3v) is 1.38. The number of halogens is 2. The van der Waals surface area contributed by atoms with Crippen LogP contribution in [0.25, 0.3) is 0 Å². The summed E-state index contributed by atoms with van der Waals surface area (Å²) in [7, 11) is 9.65. The van der Waals surface area contributed by atoms with Crippen LogP contribution < -0.4 is 0 Å². The Morgan fingerprint density at radius 2 is 1.15 bits per heavy atom. The third-order valence-electron chi connectivity index (χ3n) is 1.38. The van der Waals surface area contributed by atoms with Gasteiger partial charge < -0.3 is 4.74 Å². The minimum absolute atomic E-state index is 0.181. The van der Waals surface area contributed by atoms with Crippen molar-refractivity contribution in [2.45, 2.75) is 12.8 Å². The summed E-state index contributed by atoms with van der Waals surface area (Å²) in [6.07, 6.45) is 12.6. The molecule has 13 heavy (non-hydrogen) atoms. The Labute approximate surface area is 96.2 Å². The molecule has 1 aliphatic heterocycles. The minimum atomic E-state index is -0.181. The van der Waals surface area contributed by atoms with E-state index in [1.807, 2.05) is 32.1 Å². The van der Waals surface area contributed by atoms with Crippen molar-refractivity contribution in [3.05, 3.63) is 32.1 Å². The summed E-state index contributed by atoms with van der Waals surface area (Å²) in [4.78, 5) is 0. The predicted octanol–water partition coefficient (Wildman–Crippen LogP) is 3.19. The van der Waals surface area contributed by atoms with Crippen LogP contribution >= 0.6 is 20.1 Å². The maximum atomic E-state index is 4.94. The summed E-state index contributed by atoms with van der Waals surface area (Å²) in [5, 5.41) is 0. The number of hydrogen-bond donors (Lipinski definition) is 0. The van der Waals surface area contributed by atoms with Gasteiger partial charge in [-0.15, -0.1) is 0 Å². The summed E-state index contributed by atoms with van der Waals surface area (Å²) < 4.78 is 4.94. The van der Waals surface area contributed by atoms with E-state index in [1.54, 1.807) is 0 Å². The van der Waals surface area contributed by atoms with Crippen molar-refractivity contribution in [1.82, 2.24) is 0 Å². The van der Waals surface area contributed by atoms with E-state index in [0.717, 1.165) is 13.2 Å². The summed E-state index contributed by atoms with van der Waals surface area (Å²) in [6, 6.07) is 0. The van der Waals surface area contributed by atoms with Gasteiger partial charge in [0.1, 0.15) is 0 Å². The van der Waals surface area contributed by atoms with E-state index in [4.69, 9.17) is 24.8 Å². The predicted molar refractivity (Wildman–Crippen MR) is 53.3 cm³/mol. The average Bonchev–Trinajstić information content (AvgIpc) is 2.85. The van der Waals surface area contributed by atoms with Gasteiger partial charge in [0, 0.05) is 13.2 Å². The zero-order chi connectivity index (χ0) is 9.78. The van der Waals surface area contributed by atoms with E-state index in [2.05, 4.69) is 0 Å². The van der Waals surface area contributed by atoms with Crippen LogP contribution in [0.15, 0.2) is 0 Å². The van der Waals surface area contributed by atoms with E-state index < -0.39 is 0 Å². The fourth-order valence-electron chi connectivity index (χ4n) is 0.831. The van der Waals surface area contributed by atoms with E-state index in [-0.39, 0.29) is 13.4 Å². The molecule has 1 saturated heterocycles. The second-order valence-corrected chi connectivity index (χ2v) is 4.45. The third kappa shape index (κ3) is 13.1. The molecule has 1 aliphatic carbocycles. The van der Waals surface area contributed by atoms with Crippen molar-refractivity contribution in [2.24, 2.45) is 0 Å². The maximum absolute atomic E-state index is 4.94. The van der Waals surface area contributed by atoms with E-state index >= 15 is 0 Å². The van der Waals surface area contributed by atoms with Crippen molar-refractivity contribution in [1.29, 1.82) is 0 Å². The standard InChI is InChI=1S/C5H5.C4H8O.2ClH.Cr/c2*1-2-4-5-3-1;;;/h1-5H;1-4H2;2*1H;/q;;;;+3/p-2. The number of hydrogen-bond acceptors (Lipinski definition) is 1. The first-order chi connectivity index (χ1) is 6.41. The van der Waals surface area contributed by atoms with Crippen molar-refractivity contribution in [2.75, 3.05) is 13.2 Å². The molecule has 0 bridgehead atoms. The fourth-order valence-corrected chi connectivity index (χ4v) is 0.831. The molecule has 0 aromatic rings. The fraction of sp³-hybridized carbons (Fsp3) is 0.444. The van der Waals surface area contributed by atoms with Gasteiger partial charge in [0.25, 0.3) is 0 Å². The Hall–Kier alpha value is 1.07. The molecule has 0 unspecified atom stereocenters. The Bertz CT molecular complexity index is 60.5. The number of ether oxygens (including phenoxy) is 1. The van der Waals surface area contributed by atoms with Gasteiger partial charge in [0.05, 0.1) is 0 Å². The SMILES string of the molecule is C1CCOC1.[CH]1[CH][CH][CH][CH]1.[Cl][Cr+][Cl]. The summed E-state index contributed by atoms with van der Waals surface area (Å²) >= 11 is -0.181. The van der Waals surface area contributed by atoms with Crippen LogP contribution in [0.1, 0.15) is 12.8 Å². The van der Waals surface area contributed by atoms with Crippen LogP contribution in [0.4, 0.5) is 0 Å². The van der Waals surface area contributed by atoms with E-state index in [0.29, 0.717) is 0 Å². The molecule has 1 nitrogen and oxygen atoms in total. The Morgan fingerprint density at radius 3 is 1.31 bits per heavy atom. The number of rotatable bonds is 0. The van der Waals surface area contributed by atoms with Gasteiger partial charge in [-0.25, -0.2) is 0 Å². The average molecular weight is 260 g/mol. The zero-order valence-electron chi connectivity index (χ0n) is 7.29. The van der Waals surface area contributed by atoms with Gasteiger partial charge in [-0.2, -0.15) is 0 Å². The first kappa shape index (κ1) is 14.1. The molecule has 0 atom stereocenters. The first-order valence-electron chi connectivity index (χ1n) is 4.05. The van der Waals surface area contributed by atoms with Crippen molar-refractivity contribution < 1.29 is 18.1 Å². The summed E-state index contributed by atoms with van der Waals surface area (Å²) in [5.41, 5.74) is 0. The first-order valence-corrected chi connectivity index (χ1v) is 7.56. The van der Waals surface area contributed by atoms with Crippen LogP contribution in [0.2, 0.25) is 0 Å². The van der Waals surface area contributed by atoms with Gasteiger partial charge in [-0.05, 0) is 44.9 Å². The topological polar surface area (TPSA) is 9.23 Å². The van der Waals surface area contributed by atoms with Crippen molar-refractivity contribution >= 4 is 20.1 Å². The molecule has 2 aliphatic rings. The zero-order valence-corrected chi connectivity index (χ0v) is 10.1. The Morgan fingerprint density at radius 1 is 0.846 bits per heavy atom. The normalized spacial score (nSPS) is 19.5. The van der Waals surface area contributed by atoms with Gasteiger partial charge >= 0.3 is 33.5 Å². The Balaban J connectivity index is 0.000000174. The molecule has 0 amide bonds. The second kappa shape index (κ2) is 13.1. The van der Waals surface area contributed by atoms with Gasteiger partial charge in [-0.1, -0.05) is 0 Å². The molecule has 2 fully saturated rings. The van der Waals surface area contributed by atoms with Crippen LogP contribution in [-0.4, -0.2) is 13.2 Å². The van der Waals surface area contributed by atoms with Crippen molar-refractivity contribution in [3.8, 4) is 0 Å². The van der Waals surface area contributed by atoms with Gasteiger partial charge in [-0.3, -0.25) is 0 Å². The molecule has 0 spiro atoms. The van der Waals surface area contributed by atoms with E-state index in [1.165, 1.54) is 12.8 Å². The molecule has 74 valence electrons. The molecule has 2 rings (SSSR count). The van der Waals surface area contributed by atoms with Crippen LogP contribution in [0.5, 0.6) is 0 Å². The van der Waals surface area contributed by atoms with Gasteiger partial charge in [0.15, 0.2) is 0 Å². The molecular weight excluding hydrogens is 247 g/mol. The molecule has 0 N–H and O–H groups in total. The van der Waals surface area contributed by atoms with Crippen molar-refractivity contribution in [3.63, 3.8) is 0 Å². The molecular formula is C9H13Cl2CrO+.